The van der Waals surface area contributed by atoms with Crippen LogP contribution >= 0.6 is 0 Å². The van der Waals surface area contributed by atoms with Gasteiger partial charge in [-0.15, -0.1) is 0 Å². The van der Waals surface area contributed by atoms with Crippen LogP contribution in [0.5, 0.6) is 0 Å². The van der Waals surface area contributed by atoms with Crippen LogP contribution in [0.15, 0.2) is 53.9 Å². The standard InChI is InChI=1S/C15H14FN3O/c1-2-14(12-6-4-8-17-10-12)18-19-15(20)11-5-3-7-13(16)9-11/h3-10H,2H2,1H3,(H,19,20). The molecule has 0 spiro atoms. The van der Waals surface area contributed by atoms with Crippen molar-refractivity contribution in [2.75, 3.05) is 0 Å². The van der Waals surface area contributed by atoms with Crippen molar-refractivity contribution >= 4 is 11.6 Å². The van der Waals surface area contributed by atoms with Crippen LogP contribution in [-0.4, -0.2) is 16.6 Å². The van der Waals surface area contributed by atoms with E-state index >= 15 is 0 Å². The van der Waals surface area contributed by atoms with E-state index in [9.17, 15) is 9.18 Å². The second-order valence-corrected chi connectivity index (χ2v) is 4.11. The van der Waals surface area contributed by atoms with E-state index in [1.807, 2.05) is 13.0 Å². The molecule has 0 radical (unpaired) electrons. The summed E-state index contributed by atoms with van der Waals surface area (Å²) in [5, 5.41) is 4.07. The summed E-state index contributed by atoms with van der Waals surface area (Å²) in [6.07, 6.45) is 3.99. The van der Waals surface area contributed by atoms with Crippen molar-refractivity contribution in [1.82, 2.24) is 10.4 Å². The third-order valence-electron chi connectivity index (χ3n) is 2.71. The lowest BCUT2D eigenvalue weighted by Crippen LogP contribution is -2.20. The summed E-state index contributed by atoms with van der Waals surface area (Å²) < 4.78 is 13.0. The number of nitrogens with one attached hydrogen (secondary N) is 1. The van der Waals surface area contributed by atoms with Crippen LogP contribution in [-0.2, 0) is 0 Å². The van der Waals surface area contributed by atoms with Crippen LogP contribution in [0.3, 0.4) is 0 Å². The molecule has 2 rings (SSSR count). The molecule has 1 N–H and O–H groups in total. The monoisotopic (exact) mass is 271 g/mol. The summed E-state index contributed by atoms with van der Waals surface area (Å²) in [6, 6.07) is 9.13. The highest BCUT2D eigenvalue weighted by Gasteiger charge is 2.06. The molecule has 0 saturated carbocycles. The summed E-state index contributed by atoms with van der Waals surface area (Å²) in [4.78, 5) is 15.9. The predicted octanol–water partition coefficient (Wildman–Crippen LogP) is 2.76. The number of halogens is 1. The molecule has 0 saturated heterocycles. The first kappa shape index (κ1) is 13.9. The third kappa shape index (κ3) is 3.47. The Morgan fingerprint density at radius 2 is 2.10 bits per heavy atom. The number of benzene rings is 1. The van der Waals surface area contributed by atoms with Crippen LogP contribution in [0, 0.1) is 5.82 Å². The van der Waals surface area contributed by atoms with Crippen molar-refractivity contribution < 1.29 is 9.18 Å². The summed E-state index contributed by atoms with van der Waals surface area (Å²) in [7, 11) is 0. The minimum absolute atomic E-state index is 0.232. The lowest BCUT2D eigenvalue weighted by Gasteiger charge is -2.05. The van der Waals surface area contributed by atoms with Gasteiger partial charge in [0.15, 0.2) is 0 Å². The van der Waals surface area contributed by atoms with Gasteiger partial charge < -0.3 is 0 Å². The number of amides is 1. The van der Waals surface area contributed by atoms with Crippen LogP contribution in [0.1, 0.15) is 29.3 Å². The molecule has 0 aliphatic heterocycles. The molecule has 20 heavy (non-hydrogen) atoms. The minimum atomic E-state index is -0.454. The fourth-order valence-corrected chi connectivity index (χ4v) is 1.69. The molecular weight excluding hydrogens is 257 g/mol. The maximum Gasteiger partial charge on any atom is 0.271 e. The molecule has 102 valence electrons. The quantitative estimate of drug-likeness (QED) is 0.686. The van der Waals surface area contributed by atoms with Gasteiger partial charge in [0.2, 0.25) is 0 Å². The Morgan fingerprint density at radius 1 is 1.30 bits per heavy atom. The Hall–Kier alpha value is -2.56. The number of hydrazone groups is 1. The summed E-state index contributed by atoms with van der Waals surface area (Å²) >= 11 is 0. The average molecular weight is 271 g/mol. The molecule has 0 aliphatic carbocycles. The summed E-state index contributed by atoms with van der Waals surface area (Å²) in [5.41, 5.74) is 4.22. The number of hydrogen-bond donors (Lipinski definition) is 1. The molecule has 2 aromatic rings. The maximum absolute atomic E-state index is 13.0. The molecule has 1 aromatic heterocycles. The number of rotatable bonds is 4. The van der Waals surface area contributed by atoms with E-state index in [2.05, 4.69) is 15.5 Å². The summed E-state index contributed by atoms with van der Waals surface area (Å²) in [5.74, 6) is -0.899. The van der Waals surface area contributed by atoms with Crippen LogP contribution in [0.2, 0.25) is 0 Å². The van der Waals surface area contributed by atoms with Crippen LogP contribution < -0.4 is 5.43 Å². The van der Waals surface area contributed by atoms with Gasteiger partial charge in [-0.2, -0.15) is 5.10 Å². The van der Waals surface area contributed by atoms with Gasteiger partial charge in [-0.1, -0.05) is 19.1 Å². The smallest absolute Gasteiger partial charge is 0.267 e. The molecule has 1 aromatic carbocycles. The molecule has 5 heteroatoms. The summed E-state index contributed by atoms with van der Waals surface area (Å²) in [6.45, 7) is 1.93. The molecule has 1 heterocycles. The molecule has 0 fully saturated rings. The first-order chi connectivity index (χ1) is 9.70. The van der Waals surface area contributed by atoms with E-state index in [0.717, 1.165) is 5.56 Å². The highest BCUT2D eigenvalue weighted by Crippen LogP contribution is 2.05. The molecular formula is C15H14FN3O. The van der Waals surface area contributed by atoms with E-state index in [1.165, 1.54) is 24.3 Å². The highest BCUT2D eigenvalue weighted by molar-refractivity contribution is 6.01. The van der Waals surface area contributed by atoms with Crippen molar-refractivity contribution in [3.8, 4) is 0 Å². The number of aromatic nitrogens is 1. The van der Waals surface area contributed by atoms with Gasteiger partial charge in [0.25, 0.3) is 5.91 Å². The molecule has 0 bridgehead atoms. The van der Waals surface area contributed by atoms with Gasteiger partial charge in [0, 0.05) is 23.5 Å². The van der Waals surface area contributed by atoms with Gasteiger partial charge in [0.1, 0.15) is 5.82 Å². The molecule has 0 atom stereocenters. The van der Waals surface area contributed by atoms with E-state index < -0.39 is 11.7 Å². The largest absolute Gasteiger partial charge is 0.271 e. The number of nitrogens with zero attached hydrogens (tertiary/aromatic N) is 2. The van der Waals surface area contributed by atoms with Crippen molar-refractivity contribution in [2.24, 2.45) is 5.10 Å². The Bertz CT molecular complexity index is 626. The molecule has 0 aliphatic rings. The molecule has 0 unspecified atom stereocenters. The minimum Gasteiger partial charge on any atom is -0.267 e. The maximum atomic E-state index is 13.0. The van der Waals surface area contributed by atoms with E-state index in [-0.39, 0.29) is 5.56 Å². The fraction of sp³-hybridized carbons (Fsp3) is 0.133. The Morgan fingerprint density at radius 3 is 2.75 bits per heavy atom. The Kier molecular flexibility index (Phi) is 4.55. The molecule has 1 amide bonds. The van der Waals surface area contributed by atoms with Gasteiger partial charge in [-0.25, -0.2) is 9.82 Å². The van der Waals surface area contributed by atoms with Crippen LogP contribution in [0.4, 0.5) is 4.39 Å². The lowest BCUT2D eigenvalue weighted by molar-refractivity contribution is 0.0954. The van der Waals surface area contributed by atoms with Gasteiger partial charge in [-0.3, -0.25) is 9.78 Å². The second-order valence-electron chi connectivity index (χ2n) is 4.11. The average Bonchev–Trinajstić information content (AvgIpc) is 2.49. The lowest BCUT2D eigenvalue weighted by atomic mass is 10.1. The number of hydrogen-bond acceptors (Lipinski definition) is 3. The number of carbonyl (C=O) groups excluding carboxylic acids is 1. The predicted molar refractivity (Wildman–Crippen MR) is 74.9 cm³/mol. The van der Waals surface area contributed by atoms with Crippen molar-refractivity contribution in [3.63, 3.8) is 0 Å². The van der Waals surface area contributed by atoms with Crippen molar-refractivity contribution in [1.29, 1.82) is 0 Å². The van der Waals surface area contributed by atoms with Gasteiger partial charge >= 0.3 is 0 Å². The normalized spacial score (nSPS) is 11.2. The topological polar surface area (TPSA) is 54.4 Å². The van der Waals surface area contributed by atoms with Gasteiger partial charge in [0.05, 0.1) is 5.71 Å². The van der Waals surface area contributed by atoms with Gasteiger partial charge in [-0.05, 0) is 30.7 Å². The van der Waals surface area contributed by atoms with E-state index in [0.29, 0.717) is 12.1 Å². The second kappa shape index (κ2) is 6.56. The zero-order valence-electron chi connectivity index (χ0n) is 11.0. The van der Waals surface area contributed by atoms with Crippen molar-refractivity contribution in [2.45, 2.75) is 13.3 Å². The third-order valence-corrected chi connectivity index (χ3v) is 2.71. The number of pyridine rings is 1. The zero-order valence-corrected chi connectivity index (χ0v) is 11.0. The Balaban J connectivity index is 2.13. The highest BCUT2D eigenvalue weighted by atomic mass is 19.1. The SMILES string of the molecule is CCC(=NNC(=O)c1cccc(F)c1)c1cccnc1. The van der Waals surface area contributed by atoms with E-state index in [4.69, 9.17) is 0 Å². The van der Waals surface area contributed by atoms with Crippen LogP contribution in [0.25, 0.3) is 0 Å². The first-order valence-corrected chi connectivity index (χ1v) is 6.23. The first-order valence-electron chi connectivity index (χ1n) is 6.23. The fourth-order valence-electron chi connectivity index (χ4n) is 1.69. The zero-order chi connectivity index (χ0) is 14.4. The molecule has 4 nitrogen and oxygen atoms in total. The van der Waals surface area contributed by atoms with E-state index in [1.54, 1.807) is 18.5 Å². The number of carbonyl (C=O) groups is 1. The Labute approximate surface area is 116 Å². The van der Waals surface area contributed by atoms with Crippen molar-refractivity contribution in [3.05, 3.63) is 65.7 Å².